The van der Waals surface area contributed by atoms with E-state index in [2.05, 4.69) is 52.8 Å². The van der Waals surface area contributed by atoms with Crippen molar-refractivity contribution in [3.05, 3.63) is 34.9 Å². The van der Waals surface area contributed by atoms with Crippen molar-refractivity contribution < 1.29 is 9.90 Å². The molecule has 0 unspecified atom stereocenters. The first-order valence-electron chi connectivity index (χ1n) is 7.05. The number of carbonyl (C=O) groups is 1. The molecule has 2 rings (SSSR count). The molecule has 1 aliphatic carbocycles. The first-order valence-corrected chi connectivity index (χ1v) is 7.05. The van der Waals surface area contributed by atoms with E-state index in [-0.39, 0.29) is 11.3 Å². The summed E-state index contributed by atoms with van der Waals surface area (Å²) >= 11 is 0. The molecular weight excluding hydrogens is 236 g/mol. The summed E-state index contributed by atoms with van der Waals surface area (Å²) < 4.78 is 0. The number of aliphatic carboxylic acids is 1. The molecule has 1 aromatic carbocycles. The van der Waals surface area contributed by atoms with E-state index < -0.39 is 5.97 Å². The van der Waals surface area contributed by atoms with E-state index in [4.69, 9.17) is 0 Å². The highest BCUT2D eigenvalue weighted by atomic mass is 16.4. The van der Waals surface area contributed by atoms with Gasteiger partial charge in [-0.25, -0.2) is 0 Å². The molecule has 0 spiro atoms. The smallest absolute Gasteiger partial charge is 0.307 e. The van der Waals surface area contributed by atoms with Gasteiger partial charge in [-0.1, -0.05) is 44.5 Å². The lowest BCUT2D eigenvalue weighted by Gasteiger charge is -2.30. The van der Waals surface area contributed by atoms with Crippen molar-refractivity contribution in [3.8, 4) is 0 Å². The van der Waals surface area contributed by atoms with E-state index >= 15 is 0 Å². The third-order valence-corrected chi connectivity index (χ3v) is 5.29. The van der Waals surface area contributed by atoms with Gasteiger partial charge in [0, 0.05) is 0 Å². The average Bonchev–Trinajstić information content (AvgIpc) is 2.52. The van der Waals surface area contributed by atoms with E-state index in [0.29, 0.717) is 11.8 Å². The van der Waals surface area contributed by atoms with Gasteiger partial charge in [0.15, 0.2) is 0 Å². The predicted molar refractivity (Wildman–Crippen MR) is 77.3 cm³/mol. The minimum atomic E-state index is -0.649. The van der Waals surface area contributed by atoms with Gasteiger partial charge in [-0.05, 0) is 48.6 Å². The van der Waals surface area contributed by atoms with Crippen LogP contribution in [0.4, 0.5) is 0 Å². The normalized spacial score (nSPS) is 29.4. The molecule has 2 nitrogen and oxygen atoms in total. The lowest BCUT2D eigenvalue weighted by molar-refractivity contribution is -0.145. The maximum absolute atomic E-state index is 11.5. The fourth-order valence-corrected chi connectivity index (χ4v) is 3.65. The molecule has 0 radical (unpaired) electrons. The summed E-state index contributed by atoms with van der Waals surface area (Å²) in [5, 5.41) is 9.44. The lowest BCUT2D eigenvalue weighted by atomic mass is 9.74. The summed E-state index contributed by atoms with van der Waals surface area (Å²) in [4.78, 5) is 11.5. The standard InChI is InChI=1S/C17H24O2/c1-10-6-7-13(11(2)8-10)14-9-15(16(18)19)17(4,5)12(14)3/h6-8,12,14-15H,9H2,1-5H3,(H,18,19)/t12-,14-,15-/m1/s1. The van der Waals surface area contributed by atoms with Crippen molar-refractivity contribution in [3.63, 3.8) is 0 Å². The van der Waals surface area contributed by atoms with E-state index in [1.54, 1.807) is 0 Å². The topological polar surface area (TPSA) is 37.3 Å². The number of benzene rings is 1. The second kappa shape index (κ2) is 4.66. The van der Waals surface area contributed by atoms with Gasteiger partial charge in [-0.15, -0.1) is 0 Å². The van der Waals surface area contributed by atoms with Crippen LogP contribution in [0.15, 0.2) is 18.2 Å². The number of hydrogen-bond acceptors (Lipinski definition) is 1. The Balaban J connectivity index is 2.39. The Morgan fingerprint density at radius 2 is 1.95 bits per heavy atom. The van der Waals surface area contributed by atoms with Crippen molar-refractivity contribution in [2.75, 3.05) is 0 Å². The van der Waals surface area contributed by atoms with Gasteiger partial charge in [0.05, 0.1) is 5.92 Å². The highest BCUT2D eigenvalue weighted by Gasteiger charge is 2.50. The lowest BCUT2D eigenvalue weighted by Crippen LogP contribution is -2.29. The van der Waals surface area contributed by atoms with Crippen LogP contribution in [-0.4, -0.2) is 11.1 Å². The van der Waals surface area contributed by atoms with Crippen LogP contribution in [0.3, 0.4) is 0 Å². The zero-order valence-electron chi connectivity index (χ0n) is 12.5. The van der Waals surface area contributed by atoms with Crippen molar-refractivity contribution in [1.82, 2.24) is 0 Å². The second-order valence-corrected chi connectivity index (χ2v) is 6.70. The van der Waals surface area contributed by atoms with E-state index in [1.165, 1.54) is 16.7 Å². The third-order valence-electron chi connectivity index (χ3n) is 5.29. The van der Waals surface area contributed by atoms with Crippen LogP contribution in [0.1, 0.15) is 49.8 Å². The molecule has 1 N–H and O–H groups in total. The Morgan fingerprint density at radius 1 is 1.32 bits per heavy atom. The molecule has 0 amide bonds. The number of carboxylic acid groups (broad SMARTS) is 1. The molecule has 0 bridgehead atoms. The van der Waals surface area contributed by atoms with Crippen molar-refractivity contribution >= 4 is 5.97 Å². The Morgan fingerprint density at radius 3 is 2.42 bits per heavy atom. The predicted octanol–water partition coefficient (Wildman–Crippen LogP) is 4.15. The Bertz CT molecular complexity index is 502. The summed E-state index contributed by atoms with van der Waals surface area (Å²) in [5.74, 6) is -0.149. The van der Waals surface area contributed by atoms with Gasteiger partial charge in [-0.3, -0.25) is 4.79 Å². The molecule has 3 atom stereocenters. The molecular formula is C17H24O2. The summed E-state index contributed by atoms with van der Waals surface area (Å²) in [6.07, 6.45) is 0.757. The van der Waals surface area contributed by atoms with E-state index in [1.807, 2.05) is 0 Å². The minimum Gasteiger partial charge on any atom is -0.481 e. The van der Waals surface area contributed by atoms with Crippen molar-refractivity contribution in [2.45, 2.75) is 47.0 Å². The summed E-state index contributed by atoms with van der Waals surface area (Å²) in [6, 6.07) is 6.52. The Hall–Kier alpha value is -1.31. The molecule has 104 valence electrons. The molecule has 1 saturated carbocycles. The third kappa shape index (κ3) is 2.29. The molecule has 19 heavy (non-hydrogen) atoms. The summed E-state index contributed by atoms with van der Waals surface area (Å²) in [6.45, 7) is 10.6. The SMILES string of the molecule is Cc1ccc([C@@H]2C[C@H](C(=O)O)C(C)(C)[C@@H]2C)c(C)c1. The quantitative estimate of drug-likeness (QED) is 0.867. The molecule has 1 fully saturated rings. The van der Waals surface area contributed by atoms with Gasteiger partial charge < -0.3 is 5.11 Å². The van der Waals surface area contributed by atoms with Crippen LogP contribution in [0, 0.1) is 31.1 Å². The fourth-order valence-electron chi connectivity index (χ4n) is 3.65. The summed E-state index contributed by atoms with van der Waals surface area (Å²) in [5.41, 5.74) is 3.74. The number of carboxylic acids is 1. The molecule has 0 aliphatic heterocycles. The monoisotopic (exact) mass is 260 g/mol. The minimum absolute atomic E-state index is 0.145. The van der Waals surface area contributed by atoms with Gasteiger partial charge in [0.25, 0.3) is 0 Å². The maximum atomic E-state index is 11.5. The van der Waals surface area contributed by atoms with E-state index in [0.717, 1.165) is 6.42 Å². The first kappa shape index (κ1) is 14.1. The molecule has 2 heteroatoms. The van der Waals surface area contributed by atoms with Crippen LogP contribution >= 0.6 is 0 Å². The average molecular weight is 260 g/mol. The van der Waals surface area contributed by atoms with Gasteiger partial charge in [0.1, 0.15) is 0 Å². The maximum Gasteiger partial charge on any atom is 0.307 e. The van der Waals surface area contributed by atoms with Crippen LogP contribution in [0.2, 0.25) is 0 Å². The van der Waals surface area contributed by atoms with Gasteiger partial charge in [-0.2, -0.15) is 0 Å². The molecule has 1 aliphatic rings. The zero-order valence-corrected chi connectivity index (χ0v) is 12.5. The van der Waals surface area contributed by atoms with Crippen molar-refractivity contribution in [2.24, 2.45) is 17.3 Å². The fraction of sp³-hybridized carbons (Fsp3) is 0.588. The van der Waals surface area contributed by atoms with Crippen LogP contribution < -0.4 is 0 Å². The van der Waals surface area contributed by atoms with Gasteiger partial charge in [0.2, 0.25) is 0 Å². The number of rotatable bonds is 2. The van der Waals surface area contributed by atoms with Crippen LogP contribution in [-0.2, 0) is 4.79 Å². The molecule has 1 aromatic rings. The van der Waals surface area contributed by atoms with Crippen LogP contribution in [0.5, 0.6) is 0 Å². The summed E-state index contributed by atoms with van der Waals surface area (Å²) in [7, 11) is 0. The Labute approximate surface area is 115 Å². The number of aryl methyl sites for hydroxylation is 2. The highest BCUT2D eigenvalue weighted by Crippen LogP contribution is 2.55. The number of hydrogen-bond donors (Lipinski definition) is 1. The molecule has 0 aromatic heterocycles. The molecule has 0 heterocycles. The van der Waals surface area contributed by atoms with Crippen LogP contribution in [0.25, 0.3) is 0 Å². The van der Waals surface area contributed by atoms with E-state index in [9.17, 15) is 9.90 Å². The largest absolute Gasteiger partial charge is 0.481 e. The zero-order chi connectivity index (χ0) is 14.4. The van der Waals surface area contributed by atoms with Gasteiger partial charge >= 0.3 is 5.97 Å². The second-order valence-electron chi connectivity index (χ2n) is 6.70. The Kier molecular flexibility index (Phi) is 3.46. The molecule has 0 saturated heterocycles. The first-order chi connectivity index (χ1) is 8.75. The highest BCUT2D eigenvalue weighted by molar-refractivity contribution is 5.72. The van der Waals surface area contributed by atoms with Crippen molar-refractivity contribution in [1.29, 1.82) is 0 Å².